The van der Waals surface area contributed by atoms with Crippen LogP contribution in [0, 0.1) is 10.1 Å². The van der Waals surface area contributed by atoms with Gasteiger partial charge in [0.2, 0.25) is 0 Å². The fourth-order valence-corrected chi connectivity index (χ4v) is 2.29. The molecule has 0 saturated heterocycles. The maximum Gasteiger partial charge on any atom is 0.276 e. The van der Waals surface area contributed by atoms with E-state index in [4.69, 9.17) is 22.1 Å². The topological polar surface area (TPSA) is 78.4 Å². The van der Waals surface area contributed by atoms with E-state index in [0.29, 0.717) is 29.3 Å². The molecule has 5 nitrogen and oxygen atoms in total. The molecule has 0 aliphatic heterocycles. The zero-order valence-corrected chi connectivity index (χ0v) is 12.0. The zero-order chi connectivity index (χ0) is 15.2. The quantitative estimate of drug-likeness (QED) is 0.656. The molecule has 0 aliphatic carbocycles. The molecular formula is C15H15ClN2O3. The van der Waals surface area contributed by atoms with Crippen molar-refractivity contribution in [3.8, 4) is 5.75 Å². The Balaban J connectivity index is 2.21. The number of ether oxygens (including phenoxy) is 1. The highest BCUT2D eigenvalue weighted by molar-refractivity contribution is 6.31. The minimum absolute atomic E-state index is 0.0416. The van der Waals surface area contributed by atoms with Crippen LogP contribution in [-0.4, -0.2) is 11.5 Å². The Morgan fingerprint density at radius 2 is 1.95 bits per heavy atom. The van der Waals surface area contributed by atoms with Crippen LogP contribution in [0.3, 0.4) is 0 Å². The normalized spacial score (nSPS) is 10.4. The van der Waals surface area contributed by atoms with Crippen molar-refractivity contribution in [2.75, 3.05) is 6.54 Å². The van der Waals surface area contributed by atoms with Gasteiger partial charge in [-0.15, -0.1) is 0 Å². The summed E-state index contributed by atoms with van der Waals surface area (Å²) in [5, 5.41) is 11.6. The zero-order valence-electron chi connectivity index (χ0n) is 11.3. The van der Waals surface area contributed by atoms with Crippen molar-refractivity contribution in [3.63, 3.8) is 0 Å². The lowest BCUT2D eigenvalue weighted by Gasteiger charge is -2.12. The number of hydrogen-bond acceptors (Lipinski definition) is 4. The van der Waals surface area contributed by atoms with Crippen molar-refractivity contribution in [2.24, 2.45) is 5.73 Å². The summed E-state index contributed by atoms with van der Waals surface area (Å²) >= 11 is 6.13. The third kappa shape index (κ3) is 3.71. The number of halogens is 1. The molecule has 2 aromatic rings. The molecule has 0 bridgehead atoms. The summed E-state index contributed by atoms with van der Waals surface area (Å²) in [5.74, 6) is 0.603. The number of nitro groups is 1. The van der Waals surface area contributed by atoms with Gasteiger partial charge in [-0.25, -0.2) is 0 Å². The molecule has 0 radical (unpaired) electrons. The summed E-state index contributed by atoms with van der Waals surface area (Å²) in [4.78, 5) is 10.5. The van der Waals surface area contributed by atoms with Crippen LogP contribution in [0.4, 0.5) is 5.69 Å². The molecule has 0 heterocycles. The Hall–Kier alpha value is -2.11. The monoisotopic (exact) mass is 306 g/mol. The van der Waals surface area contributed by atoms with E-state index >= 15 is 0 Å². The average Bonchev–Trinajstić information content (AvgIpc) is 2.48. The first kappa shape index (κ1) is 15.3. The molecule has 0 unspecified atom stereocenters. The number of rotatable bonds is 6. The molecular weight excluding hydrogens is 292 g/mol. The molecule has 0 fully saturated rings. The van der Waals surface area contributed by atoms with Gasteiger partial charge in [0.15, 0.2) is 0 Å². The van der Waals surface area contributed by atoms with E-state index in [-0.39, 0.29) is 12.3 Å². The van der Waals surface area contributed by atoms with E-state index in [1.807, 2.05) is 0 Å². The molecule has 0 spiro atoms. The molecule has 2 aromatic carbocycles. The van der Waals surface area contributed by atoms with E-state index in [1.165, 1.54) is 6.07 Å². The smallest absolute Gasteiger partial charge is 0.276 e. The van der Waals surface area contributed by atoms with Crippen LogP contribution in [0.1, 0.15) is 11.1 Å². The second-order valence-electron chi connectivity index (χ2n) is 4.43. The third-order valence-corrected chi connectivity index (χ3v) is 3.40. The van der Waals surface area contributed by atoms with Crippen LogP contribution >= 0.6 is 11.6 Å². The van der Waals surface area contributed by atoms with Crippen molar-refractivity contribution in [1.82, 2.24) is 0 Å². The molecule has 0 aromatic heterocycles. The summed E-state index contributed by atoms with van der Waals surface area (Å²) in [7, 11) is 0. The van der Waals surface area contributed by atoms with Gasteiger partial charge in [0.25, 0.3) is 5.69 Å². The Morgan fingerprint density at radius 1 is 1.19 bits per heavy atom. The summed E-state index contributed by atoms with van der Waals surface area (Å²) in [5.41, 5.74) is 6.94. The standard InChI is InChI=1S/C15H15ClN2O3/c16-13-5-3-7-15(12(13)8-9-17)21-10-11-4-1-2-6-14(11)18(19)20/h1-7H,8-10,17H2. The molecule has 21 heavy (non-hydrogen) atoms. The van der Waals surface area contributed by atoms with Gasteiger partial charge >= 0.3 is 0 Å². The van der Waals surface area contributed by atoms with Crippen molar-refractivity contribution < 1.29 is 9.66 Å². The molecule has 0 atom stereocenters. The second kappa shape index (κ2) is 7.06. The van der Waals surface area contributed by atoms with E-state index in [1.54, 1.807) is 36.4 Å². The average molecular weight is 307 g/mol. The largest absolute Gasteiger partial charge is 0.488 e. The fraction of sp³-hybridized carbons (Fsp3) is 0.200. The van der Waals surface area contributed by atoms with E-state index < -0.39 is 4.92 Å². The number of para-hydroxylation sites is 1. The highest BCUT2D eigenvalue weighted by Gasteiger charge is 2.14. The highest BCUT2D eigenvalue weighted by Crippen LogP contribution is 2.28. The lowest BCUT2D eigenvalue weighted by Crippen LogP contribution is -2.07. The number of nitrogens with two attached hydrogens (primary N) is 1. The van der Waals surface area contributed by atoms with E-state index in [0.717, 1.165) is 5.56 Å². The van der Waals surface area contributed by atoms with Crippen molar-refractivity contribution in [2.45, 2.75) is 13.0 Å². The van der Waals surface area contributed by atoms with Gasteiger partial charge in [0, 0.05) is 16.7 Å². The van der Waals surface area contributed by atoms with Crippen molar-refractivity contribution in [3.05, 3.63) is 68.7 Å². The van der Waals surface area contributed by atoms with Crippen LogP contribution < -0.4 is 10.5 Å². The second-order valence-corrected chi connectivity index (χ2v) is 4.84. The van der Waals surface area contributed by atoms with Gasteiger partial charge in [-0.05, 0) is 31.2 Å². The predicted octanol–water partition coefficient (Wildman–Crippen LogP) is 3.33. The van der Waals surface area contributed by atoms with Gasteiger partial charge in [0.1, 0.15) is 12.4 Å². The van der Waals surface area contributed by atoms with Crippen LogP contribution in [0.15, 0.2) is 42.5 Å². The lowest BCUT2D eigenvalue weighted by molar-refractivity contribution is -0.385. The first-order valence-corrected chi connectivity index (χ1v) is 6.84. The van der Waals surface area contributed by atoms with Crippen LogP contribution in [0.25, 0.3) is 0 Å². The number of benzene rings is 2. The summed E-state index contributed by atoms with van der Waals surface area (Å²) in [6.07, 6.45) is 0.589. The number of hydrogen-bond donors (Lipinski definition) is 1. The Bertz CT molecular complexity index is 647. The van der Waals surface area contributed by atoms with Crippen LogP contribution in [0.2, 0.25) is 5.02 Å². The fourth-order valence-electron chi connectivity index (χ4n) is 2.03. The highest BCUT2D eigenvalue weighted by atomic mass is 35.5. The molecule has 0 amide bonds. The molecule has 2 N–H and O–H groups in total. The summed E-state index contributed by atoms with van der Waals surface area (Å²) in [6, 6.07) is 11.8. The molecule has 2 rings (SSSR count). The first-order chi connectivity index (χ1) is 10.1. The maximum atomic E-state index is 11.0. The minimum atomic E-state index is -0.419. The van der Waals surface area contributed by atoms with Crippen LogP contribution in [0.5, 0.6) is 5.75 Å². The van der Waals surface area contributed by atoms with Crippen molar-refractivity contribution >= 4 is 17.3 Å². The molecule has 110 valence electrons. The van der Waals surface area contributed by atoms with E-state index in [2.05, 4.69) is 0 Å². The maximum absolute atomic E-state index is 11.0. The number of nitrogens with zero attached hydrogens (tertiary/aromatic N) is 1. The van der Waals surface area contributed by atoms with Gasteiger partial charge in [0.05, 0.1) is 10.5 Å². The summed E-state index contributed by atoms with van der Waals surface area (Å²) in [6.45, 7) is 0.556. The van der Waals surface area contributed by atoms with Gasteiger partial charge in [-0.2, -0.15) is 0 Å². The Morgan fingerprint density at radius 3 is 2.67 bits per heavy atom. The Kier molecular flexibility index (Phi) is 5.14. The van der Waals surface area contributed by atoms with Gasteiger partial charge in [-0.3, -0.25) is 10.1 Å². The first-order valence-electron chi connectivity index (χ1n) is 6.46. The van der Waals surface area contributed by atoms with E-state index in [9.17, 15) is 10.1 Å². The van der Waals surface area contributed by atoms with Crippen LogP contribution in [-0.2, 0) is 13.0 Å². The Labute approximate surface area is 127 Å². The third-order valence-electron chi connectivity index (χ3n) is 3.04. The molecule has 0 aliphatic rings. The van der Waals surface area contributed by atoms with Crippen molar-refractivity contribution in [1.29, 1.82) is 0 Å². The van der Waals surface area contributed by atoms with Gasteiger partial charge < -0.3 is 10.5 Å². The molecule has 6 heteroatoms. The SMILES string of the molecule is NCCc1c(Cl)cccc1OCc1ccccc1[N+](=O)[O-]. The van der Waals surface area contributed by atoms with Gasteiger partial charge in [-0.1, -0.05) is 29.8 Å². The number of nitro benzene ring substituents is 1. The predicted molar refractivity (Wildman–Crippen MR) is 81.6 cm³/mol. The molecule has 0 saturated carbocycles. The summed E-state index contributed by atoms with van der Waals surface area (Å²) < 4.78 is 5.70. The minimum Gasteiger partial charge on any atom is -0.488 e. The lowest BCUT2D eigenvalue weighted by atomic mass is 10.1.